The summed E-state index contributed by atoms with van der Waals surface area (Å²) in [5, 5.41) is 3.41. The van der Waals surface area contributed by atoms with Crippen molar-refractivity contribution in [2.24, 2.45) is 5.92 Å². The molecule has 0 radical (unpaired) electrons. The molecule has 106 valence electrons. The van der Waals surface area contributed by atoms with E-state index in [9.17, 15) is 4.39 Å². The van der Waals surface area contributed by atoms with Gasteiger partial charge >= 0.3 is 0 Å². The fraction of sp³-hybridized carbons (Fsp3) is 0.500. The van der Waals surface area contributed by atoms with Crippen molar-refractivity contribution in [1.82, 2.24) is 5.32 Å². The van der Waals surface area contributed by atoms with Crippen LogP contribution in [0.15, 0.2) is 34.3 Å². The molecule has 0 heterocycles. The largest absolute Gasteiger partial charge is 0.316 e. The Kier molecular flexibility index (Phi) is 7.32. The van der Waals surface area contributed by atoms with Gasteiger partial charge in [0.25, 0.3) is 0 Å². The third-order valence-electron chi connectivity index (χ3n) is 2.84. The smallest absolute Gasteiger partial charge is 0.123 e. The minimum Gasteiger partial charge on any atom is -0.316 e. The van der Waals surface area contributed by atoms with Crippen LogP contribution in [0.2, 0.25) is 0 Å². The van der Waals surface area contributed by atoms with Gasteiger partial charge in [0, 0.05) is 4.47 Å². The maximum atomic E-state index is 13.2. The van der Waals surface area contributed by atoms with Crippen LogP contribution in [0.1, 0.15) is 32.8 Å². The molecule has 0 unspecified atom stereocenters. The van der Waals surface area contributed by atoms with E-state index in [1.54, 1.807) is 12.1 Å². The van der Waals surface area contributed by atoms with Gasteiger partial charge in [-0.15, -0.1) is 0 Å². The highest BCUT2D eigenvalue weighted by molar-refractivity contribution is 9.10. The van der Waals surface area contributed by atoms with E-state index in [1.807, 2.05) is 0 Å². The number of halogens is 2. The van der Waals surface area contributed by atoms with Gasteiger partial charge in [-0.25, -0.2) is 4.39 Å². The Morgan fingerprint density at radius 3 is 2.84 bits per heavy atom. The van der Waals surface area contributed by atoms with Gasteiger partial charge in [-0.3, -0.25) is 0 Å². The molecule has 1 N–H and O–H groups in total. The number of hydrogen-bond acceptors (Lipinski definition) is 1. The number of allylic oxidation sites excluding steroid dienone is 1. The van der Waals surface area contributed by atoms with Crippen LogP contribution in [0.5, 0.6) is 0 Å². The van der Waals surface area contributed by atoms with Gasteiger partial charge in [-0.05, 0) is 62.5 Å². The fourth-order valence-corrected chi connectivity index (χ4v) is 2.25. The Morgan fingerprint density at radius 2 is 2.16 bits per heavy atom. The number of nitrogens with one attached hydrogen (secondary N) is 1. The highest BCUT2D eigenvalue weighted by atomic mass is 79.9. The molecule has 0 bridgehead atoms. The molecule has 0 amide bonds. The van der Waals surface area contributed by atoms with E-state index in [-0.39, 0.29) is 5.82 Å². The van der Waals surface area contributed by atoms with E-state index in [0.717, 1.165) is 36.0 Å². The van der Waals surface area contributed by atoms with Crippen molar-refractivity contribution in [3.05, 3.63) is 45.7 Å². The summed E-state index contributed by atoms with van der Waals surface area (Å²) in [4.78, 5) is 0. The summed E-state index contributed by atoms with van der Waals surface area (Å²) in [7, 11) is 0. The van der Waals surface area contributed by atoms with Crippen molar-refractivity contribution in [1.29, 1.82) is 0 Å². The normalized spacial score (nSPS) is 12.2. The maximum Gasteiger partial charge on any atom is 0.123 e. The first-order valence-corrected chi connectivity index (χ1v) is 7.58. The van der Waals surface area contributed by atoms with Crippen molar-refractivity contribution in [2.75, 3.05) is 13.1 Å². The summed E-state index contributed by atoms with van der Waals surface area (Å²) in [6, 6.07) is 4.84. The Hall–Kier alpha value is -0.670. The SMILES string of the molecule is CC(=CCCNCC(C)C)Cc1cc(F)ccc1Br. The van der Waals surface area contributed by atoms with Gasteiger partial charge in [0.05, 0.1) is 0 Å². The molecule has 0 atom stereocenters. The topological polar surface area (TPSA) is 12.0 Å². The first-order chi connectivity index (χ1) is 8.99. The van der Waals surface area contributed by atoms with Crippen LogP contribution in [0.4, 0.5) is 4.39 Å². The van der Waals surface area contributed by atoms with E-state index >= 15 is 0 Å². The van der Waals surface area contributed by atoms with E-state index in [4.69, 9.17) is 0 Å². The molecule has 19 heavy (non-hydrogen) atoms. The van der Waals surface area contributed by atoms with E-state index in [1.165, 1.54) is 11.6 Å². The molecule has 0 aliphatic heterocycles. The minimum atomic E-state index is -0.176. The van der Waals surface area contributed by atoms with Crippen LogP contribution < -0.4 is 5.32 Å². The molecule has 0 fully saturated rings. The van der Waals surface area contributed by atoms with E-state index in [2.05, 4.69) is 48.1 Å². The standard InChI is InChI=1S/C16H23BrFN/c1-12(2)11-19-8-4-5-13(3)9-14-10-15(18)6-7-16(14)17/h5-7,10,12,19H,4,8-9,11H2,1-3H3. The summed E-state index contributed by atoms with van der Waals surface area (Å²) < 4.78 is 14.1. The second kappa shape index (κ2) is 8.49. The van der Waals surface area contributed by atoms with E-state index in [0.29, 0.717) is 5.92 Å². The highest BCUT2D eigenvalue weighted by Gasteiger charge is 2.02. The molecule has 0 aliphatic carbocycles. The monoisotopic (exact) mass is 327 g/mol. The first kappa shape index (κ1) is 16.4. The lowest BCUT2D eigenvalue weighted by Crippen LogP contribution is -2.20. The van der Waals surface area contributed by atoms with Crippen molar-refractivity contribution >= 4 is 15.9 Å². The zero-order chi connectivity index (χ0) is 14.3. The molecule has 1 nitrogen and oxygen atoms in total. The Morgan fingerprint density at radius 1 is 1.42 bits per heavy atom. The van der Waals surface area contributed by atoms with Crippen LogP contribution >= 0.6 is 15.9 Å². The first-order valence-electron chi connectivity index (χ1n) is 6.79. The van der Waals surface area contributed by atoms with E-state index < -0.39 is 0 Å². The molecular weight excluding hydrogens is 305 g/mol. The zero-order valence-corrected chi connectivity index (χ0v) is 13.6. The quantitative estimate of drug-likeness (QED) is 0.564. The van der Waals surface area contributed by atoms with Crippen LogP contribution in [0.3, 0.4) is 0 Å². The van der Waals surface area contributed by atoms with Gasteiger partial charge in [0.2, 0.25) is 0 Å². The predicted molar refractivity (Wildman–Crippen MR) is 83.9 cm³/mol. The van der Waals surface area contributed by atoms with Crippen molar-refractivity contribution in [2.45, 2.75) is 33.6 Å². The van der Waals surface area contributed by atoms with Crippen molar-refractivity contribution in [3.8, 4) is 0 Å². The lowest BCUT2D eigenvalue weighted by atomic mass is 10.1. The fourth-order valence-electron chi connectivity index (χ4n) is 1.86. The second-order valence-corrected chi connectivity index (χ2v) is 6.20. The summed E-state index contributed by atoms with van der Waals surface area (Å²) in [6.45, 7) is 8.56. The molecule has 0 aromatic heterocycles. The van der Waals surface area contributed by atoms with Crippen LogP contribution in [0, 0.1) is 11.7 Å². The molecule has 0 saturated heterocycles. The average Bonchev–Trinajstić information content (AvgIpc) is 2.33. The molecule has 3 heteroatoms. The molecule has 0 saturated carbocycles. The molecule has 0 aliphatic rings. The third-order valence-corrected chi connectivity index (χ3v) is 3.62. The summed E-state index contributed by atoms with van der Waals surface area (Å²) in [5.74, 6) is 0.512. The Bertz CT molecular complexity index is 427. The van der Waals surface area contributed by atoms with Crippen molar-refractivity contribution in [3.63, 3.8) is 0 Å². The Labute approximate surface area is 124 Å². The van der Waals surface area contributed by atoms with Gasteiger partial charge < -0.3 is 5.32 Å². The molecule has 1 aromatic carbocycles. The minimum absolute atomic E-state index is 0.176. The molecule has 0 spiro atoms. The third kappa shape index (κ3) is 6.88. The number of rotatable bonds is 7. The highest BCUT2D eigenvalue weighted by Crippen LogP contribution is 2.20. The van der Waals surface area contributed by atoms with Gasteiger partial charge in [-0.2, -0.15) is 0 Å². The summed E-state index contributed by atoms with van der Waals surface area (Å²) in [6.07, 6.45) is 4.04. The van der Waals surface area contributed by atoms with Gasteiger partial charge in [0.1, 0.15) is 5.82 Å². The number of benzene rings is 1. The zero-order valence-electron chi connectivity index (χ0n) is 12.0. The molecule has 1 aromatic rings. The van der Waals surface area contributed by atoms with Crippen LogP contribution in [-0.2, 0) is 6.42 Å². The maximum absolute atomic E-state index is 13.2. The van der Waals surface area contributed by atoms with Crippen LogP contribution in [0.25, 0.3) is 0 Å². The molecule has 1 rings (SSSR count). The lowest BCUT2D eigenvalue weighted by Gasteiger charge is -2.07. The van der Waals surface area contributed by atoms with Gasteiger partial charge in [0.15, 0.2) is 0 Å². The molecular formula is C16H23BrFN. The van der Waals surface area contributed by atoms with Crippen LogP contribution in [-0.4, -0.2) is 13.1 Å². The Balaban J connectivity index is 2.41. The summed E-state index contributed by atoms with van der Waals surface area (Å²) in [5.41, 5.74) is 2.28. The average molecular weight is 328 g/mol. The van der Waals surface area contributed by atoms with Gasteiger partial charge in [-0.1, -0.05) is 41.4 Å². The lowest BCUT2D eigenvalue weighted by molar-refractivity contribution is 0.556. The number of hydrogen-bond donors (Lipinski definition) is 1. The predicted octanol–water partition coefficient (Wildman–Crippen LogP) is 4.71. The second-order valence-electron chi connectivity index (χ2n) is 5.35. The summed E-state index contributed by atoms with van der Waals surface area (Å²) >= 11 is 3.46. The van der Waals surface area contributed by atoms with Crippen molar-refractivity contribution < 1.29 is 4.39 Å².